The van der Waals surface area contributed by atoms with Gasteiger partial charge in [-0.05, 0) is 68.0 Å². The molecule has 136 valence electrons. The van der Waals surface area contributed by atoms with E-state index in [-0.39, 0.29) is 5.91 Å². The van der Waals surface area contributed by atoms with Crippen molar-refractivity contribution in [2.24, 2.45) is 0 Å². The monoisotopic (exact) mass is 366 g/mol. The third-order valence-corrected chi connectivity index (χ3v) is 6.71. The van der Waals surface area contributed by atoms with Gasteiger partial charge in [0, 0.05) is 35.6 Å². The van der Waals surface area contributed by atoms with Gasteiger partial charge in [-0.2, -0.15) is 0 Å². The van der Waals surface area contributed by atoms with Gasteiger partial charge in [0.1, 0.15) is 0 Å². The standard InChI is InChI=1S/C22H26N2OS/c1-23-19-8-9-20(23)15-24(13-12-19)22(25)18-5-3-4-17(14-18)16-6-10-21(26-2)11-7-16/h3-7,10-11,14,19-20H,8-9,12-13,15H2,1-2H3/t19-,20+/m0/s1. The first-order valence-corrected chi connectivity index (χ1v) is 10.6. The number of thioether (sulfide) groups is 1. The minimum Gasteiger partial charge on any atom is -0.337 e. The first-order chi connectivity index (χ1) is 12.7. The van der Waals surface area contributed by atoms with Crippen LogP contribution in [-0.4, -0.2) is 54.2 Å². The van der Waals surface area contributed by atoms with Crippen LogP contribution in [0, 0.1) is 0 Å². The average Bonchev–Trinajstić information content (AvgIpc) is 2.93. The maximum absolute atomic E-state index is 13.1. The zero-order valence-corrected chi connectivity index (χ0v) is 16.3. The van der Waals surface area contributed by atoms with Crippen molar-refractivity contribution < 1.29 is 4.79 Å². The second kappa shape index (κ2) is 7.45. The molecule has 2 saturated heterocycles. The van der Waals surface area contributed by atoms with Crippen molar-refractivity contribution in [2.45, 2.75) is 36.2 Å². The van der Waals surface area contributed by atoms with Crippen LogP contribution >= 0.6 is 11.8 Å². The minimum atomic E-state index is 0.175. The number of nitrogens with zero attached hydrogens (tertiary/aromatic N) is 2. The highest BCUT2D eigenvalue weighted by molar-refractivity contribution is 7.98. The van der Waals surface area contributed by atoms with Gasteiger partial charge in [-0.25, -0.2) is 0 Å². The molecule has 2 aromatic rings. The summed E-state index contributed by atoms with van der Waals surface area (Å²) in [5, 5.41) is 0. The van der Waals surface area contributed by atoms with Crippen LogP contribution in [0.15, 0.2) is 53.4 Å². The summed E-state index contributed by atoms with van der Waals surface area (Å²) in [5.41, 5.74) is 3.07. The molecule has 4 rings (SSSR count). The predicted octanol–water partition coefficient (Wildman–Crippen LogP) is 4.38. The molecule has 0 aromatic heterocycles. The molecule has 2 heterocycles. The Morgan fingerprint density at radius 2 is 1.77 bits per heavy atom. The summed E-state index contributed by atoms with van der Waals surface area (Å²) in [7, 11) is 2.22. The highest BCUT2D eigenvalue weighted by Crippen LogP contribution is 2.30. The Kier molecular flexibility index (Phi) is 5.05. The molecule has 3 nitrogen and oxygen atoms in total. The lowest BCUT2D eigenvalue weighted by Gasteiger charge is -2.26. The molecule has 2 bridgehead atoms. The van der Waals surface area contributed by atoms with E-state index in [1.807, 2.05) is 18.2 Å². The van der Waals surface area contributed by atoms with E-state index in [9.17, 15) is 4.79 Å². The number of rotatable bonds is 3. The summed E-state index contributed by atoms with van der Waals surface area (Å²) >= 11 is 1.74. The predicted molar refractivity (Wildman–Crippen MR) is 109 cm³/mol. The lowest BCUT2D eigenvalue weighted by atomic mass is 10.0. The van der Waals surface area contributed by atoms with E-state index in [0.29, 0.717) is 12.1 Å². The first kappa shape index (κ1) is 17.6. The van der Waals surface area contributed by atoms with Crippen molar-refractivity contribution in [3.63, 3.8) is 0 Å². The van der Waals surface area contributed by atoms with Gasteiger partial charge in [0.2, 0.25) is 0 Å². The molecule has 2 aromatic carbocycles. The molecule has 0 N–H and O–H groups in total. The quantitative estimate of drug-likeness (QED) is 0.753. The molecule has 0 radical (unpaired) electrons. The number of benzene rings is 2. The molecule has 0 spiro atoms. The first-order valence-electron chi connectivity index (χ1n) is 9.41. The summed E-state index contributed by atoms with van der Waals surface area (Å²) in [6.07, 6.45) is 5.67. The van der Waals surface area contributed by atoms with Crippen molar-refractivity contribution in [3.8, 4) is 11.1 Å². The van der Waals surface area contributed by atoms with E-state index in [1.54, 1.807) is 11.8 Å². The van der Waals surface area contributed by atoms with E-state index in [0.717, 1.165) is 36.2 Å². The van der Waals surface area contributed by atoms with Crippen LogP contribution in [0.5, 0.6) is 0 Å². The largest absolute Gasteiger partial charge is 0.337 e. The molecular weight excluding hydrogens is 340 g/mol. The number of hydrogen-bond acceptors (Lipinski definition) is 3. The summed E-state index contributed by atoms with van der Waals surface area (Å²) in [4.78, 5) is 18.9. The second-order valence-corrected chi connectivity index (χ2v) is 8.28. The Bertz CT molecular complexity index is 789. The lowest BCUT2D eigenvalue weighted by Crippen LogP contribution is -2.39. The van der Waals surface area contributed by atoms with Crippen LogP contribution in [0.1, 0.15) is 29.6 Å². The molecule has 26 heavy (non-hydrogen) atoms. The smallest absolute Gasteiger partial charge is 0.253 e. The molecule has 2 atom stereocenters. The van der Waals surface area contributed by atoms with Gasteiger partial charge in [-0.15, -0.1) is 11.8 Å². The SMILES string of the molecule is CSc1ccc(-c2cccc(C(=O)N3CC[C@@H]4CC[C@H](C3)N4C)c2)cc1. The van der Waals surface area contributed by atoms with E-state index < -0.39 is 0 Å². The number of hydrogen-bond donors (Lipinski definition) is 0. The van der Waals surface area contributed by atoms with Gasteiger partial charge in [0.25, 0.3) is 5.91 Å². The van der Waals surface area contributed by atoms with Crippen molar-refractivity contribution in [1.82, 2.24) is 9.80 Å². The molecule has 2 fully saturated rings. The molecule has 0 unspecified atom stereocenters. The molecule has 0 saturated carbocycles. The maximum atomic E-state index is 13.1. The Labute approximate surface area is 160 Å². The van der Waals surface area contributed by atoms with Crippen molar-refractivity contribution in [2.75, 3.05) is 26.4 Å². The molecule has 2 aliphatic rings. The number of carbonyl (C=O) groups is 1. The van der Waals surface area contributed by atoms with Gasteiger partial charge in [0.05, 0.1) is 0 Å². The van der Waals surface area contributed by atoms with Crippen molar-refractivity contribution >= 4 is 17.7 Å². The molecule has 4 heteroatoms. The van der Waals surface area contributed by atoms with E-state index >= 15 is 0 Å². The highest BCUT2D eigenvalue weighted by Gasteiger charge is 2.36. The van der Waals surface area contributed by atoms with Crippen LogP contribution < -0.4 is 0 Å². The zero-order valence-electron chi connectivity index (χ0n) is 15.5. The van der Waals surface area contributed by atoms with Gasteiger partial charge >= 0.3 is 0 Å². The fourth-order valence-corrected chi connectivity index (χ4v) is 4.70. The Balaban J connectivity index is 1.55. The number of fused-ring (bicyclic) bond motifs is 2. The number of likely N-dealkylation sites (N-methyl/N-ethyl adjacent to an activating group) is 1. The third-order valence-electron chi connectivity index (χ3n) is 5.97. The summed E-state index contributed by atoms with van der Waals surface area (Å²) in [5.74, 6) is 0.175. The summed E-state index contributed by atoms with van der Waals surface area (Å²) in [6, 6.07) is 17.8. The molecule has 0 aliphatic carbocycles. The fourth-order valence-electron chi connectivity index (χ4n) is 4.29. The van der Waals surface area contributed by atoms with Gasteiger partial charge < -0.3 is 4.90 Å². The highest BCUT2D eigenvalue weighted by atomic mass is 32.2. The number of amides is 1. The van der Waals surface area contributed by atoms with Crippen molar-refractivity contribution in [3.05, 3.63) is 54.1 Å². The minimum absolute atomic E-state index is 0.175. The number of carbonyl (C=O) groups excluding carboxylic acids is 1. The van der Waals surface area contributed by atoms with Gasteiger partial charge in [-0.3, -0.25) is 9.69 Å². The number of likely N-dealkylation sites (tertiary alicyclic amines) is 1. The van der Waals surface area contributed by atoms with Crippen molar-refractivity contribution in [1.29, 1.82) is 0 Å². The van der Waals surface area contributed by atoms with Gasteiger partial charge in [0.15, 0.2) is 0 Å². The maximum Gasteiger partial charge on any atom is 0.253 e. The van der Waals surface area contributed by atoms with Crippen LogP contribution in [0.4, 0.5) is 0 Å². The third kappa shape index (κ3) is 3.40. The van der Waals surface area contributed by atoms with Crippen LogP contribution in [0.2, 0.25) is 0 Å². The second-order valence-electron chi connectivity index (χ2n) is 7.40. The van der Waals surface area contributed by atoms with E-state index in [4.69, 9.17) is 0 Å². The topological polar surface area (TPSA) is 23.6 Å². The van der Waals surface area contributed by atoms with Crippen LogP contribution in [-0.2, 0) is 0 Å². The molecule has 2 aliphatic heterocycles. The Morgan fingerprint density at radius 1 is 1.00 bits per heavy atom. The Hall–Kier alpha value is -1.78. The van der Waals surface area contributed by atoms with E-state index in [2.05, 4.69) is 53.4 Å². The Morgan fingerprint density at radius 3 is 2.54 bits per heavy atom. The van der Waals surface area contributed by atoms with Crippen LogP contribution in [0.3, 0.4) is 0 Å². The molecule has 1 amide bonds. The van der Waals surface area contributed by atoms with E-state index in [1.165, 1.54) is 17.7 Å². The molecular formula is C22H26N2OS. The summed E-state index contributed by atoms with van der Waals surface area (Å²) in [6.45, 7) is 1.73. The van der Waals surface area contributed by atoms with Gasteiger partial charge in [-0.1, -0.05) is 24.3 Å². The normalized spacial score (nSPS) is 23.1. The lowest BCUT2D eigenvalue weighted by molar-refractivity contribution is 0.0740. The summed E-state index contributed by atoms with van der Waals surface area (Å²) < 4.78 is 0. The van der Waals surface area contributed by atoms with Crippen LogP contribution in [0.25, 0.3) is 11.1 Å². The average molecular weight is 367 g/mol. The zero-order chi connectivity index (χ0) is 18.1. The fraction of sp³-hybridized carbons (Fsp3) is 0.409.